The van der Waals surface area contributed by atoms with E-state index >= 15 is 0 Å². The molecule has 43 heavy (non-hydrogen) atoms. The van der Waals surface area contributed by atoms with Crippen molar-refractivity contribution in [1.29, 1.82) is 5.41 Å². The summed E-state index contributed by atoms with van der Waals surface area (Å²) in [6.07, 6.45) is 0.584. The molecule has 1 heterocycles. The van der Waals surface area contributed by atoms with Gasteiger partial charge in [0.05, 0.1) is 5.41 Å². The molecule has 0 aromatic heterocycles. The molecule has 0 radical (unpaired) electrons. The number of rotatable bonds is 9. The highest BCUT2D eigenvalue weighted by Gasteiger charge is 2.40. The molecule has 0 aliphatic carbocycles. The minimum atomic E-state index is -0.790. The quantitative estimate of drug-likeness (QED) is 0.191. The summed E-state index contributed by atoms with van der Waals surface area (Å²) in [7, 11) is 0. The van der Waals surface area contributed by atoms with Gasteiger partial charge in [0.25, 0.3) is 11.8 Å². The van der Waals surface area contributed by atoms with E-state index < -0.39 is 30.0 Å². The molecule has 3 aromatic carbocycles. The van der Waals surface area contributed by atoms with E-state index in [-0.39, 0.29) is 24.3 Å². The number of nitrogens with one attached hydrogen (secondary N) is 2. The summed E-state index contributed by atoms with van der Waals surface area (Å²) in [5, 5.41) is 10.6. The molecule has 1 fully saturated rings. The first-order chi connectivity index (χ1) is 20.5. The van der Waals surface area contributed by atoms with Crippen LogP contribution in [0.1, 0.15) is 48.2 Å². The second kappa shape index (κ2) is 13.8. The summed E-state index contributed by atoms with van der Waals surface area (Å²) in [5.41, 5.74) is 8.04. The maximum Gasteiger partial charge on any atom is 0.413 e. The lowest BCUT2D eigenvalue weighted by Gasteiger charge is -2.39. The number of amides is 3. The number of carbonyl (C=O) groups excluding carboxylic acids is 4. The molecule has 0 saturated carbocycles. The van der Waals surface area contributed by atoms with Crippen molar-refractivity contribution in [3.63, 3.8) is 0 Å². The Morgan fingerprint density at radius 1 is 0.860 bits per heavy atom. The summed E-state index contributed by atoms with van der Waals surface area (Å²) in [5.74, 6) is -1.29. The Kier molecular flexibility index (Phi) is 9.92. The first-order valence-electron chi connectivity index (χ1n) is 14.1. The number of primary amides is 1. The average Bonchev–Trinajstić information content (AvgIpc) is 3.03. The van der Waals surface area contributed by atoms with Gasteiger partial charge < -0.3 is 20.1 Å². The van der Waals surface area contributed by atoms with Crippen molar-refractivity contribution >= 4 is 29.7 Å². The first kappa shape index (κ1) is 31.0. The Labute approximate surface area is 250 Å². The number of amidine groups is 1. The maximum atomic E-state index is 13.2. The van der Waals surface area contributed by atoms with E-state index in [9.17, 15) is 19.2 Å². The molecule has 1 aliphatic rings. The zero-order chi connectivity index (χ0) is 31.0. The molecule has 3 aromatic rings. The number of nitrogens with two attached hydrogens (primary N) is 1. The van der Waals surface area contributed by atoms with E-state index in [1.165, 1.54) is 0 Å². The Balaban J connectivity index is 1.28. The van der Waals surface area contributed by atoms with Crippen LogP contribution in [-0.2, 0) is 25.7 Å². The molecule has 10 heteroatoms. The lowest BCUT2D eigenvalue weighted by molar-refractivity contribution is -0.160. The van der Waals surface area contributed by atoms with Crippen LogP contribution in [0.4, 0.5) is 4.79 Å². The highest BCUT2D eigenvalue weighted by molar-refractivity contribution is 6.04. The lowest BCUT2D eigenvalue weighted by atomic mass is 9.73. The summed E-state index contributed by atoms with van der Waals surface area (Å²) in [6.45, 7) is 4.29. The van der Waals surface area contributed by atoms with Crippen LogP contribution in [0.25, 0.3) is 11.1 Å². The van der Waals surface area contributed by atoms with E-state index in [4.69, 9.17) is 20.6 Å². The topological polar surface area (TPSA) is 152 Å². The summed E-state index contributed by atoms with van der Waals surface area (Å²) < 4.78 is 10.2. The normalized spacial score (nSPS) is 13.6. The monoisotopic (exact) mass is 584 g/mol. The minimum Gasteiger partial charge on any atom is -0.455 e. The van der Waals surface area contributed by atoms with Crippen molar-refractivity contribution in [3.05, 3.63) is 95.6 Å². The van der Waals surface area contributed by atoms with Crippen LogP contribution in [0.5, 0.6) is 0 Å². The zero-order valence-corrected chi connectivity index (χ0v) is 24.3. The predicted octanol–water partition coefficient (Wildman–Crippen LogP) is 4.51. The number of likely N-dealkylation sites (tertiary alicyclic amines) is 1. The molecular formula is C33H36N4O6. The highest BCUT2D eigenvalue weighted by atomic mass is 16.5. The third-order valence-corrected chi connectivity index (χ3v) is 7.75. The van der Waals surface area contributed by atoms with Crippen molar-refractivity contribution in [2.45, 2.75) is 33.3 Å². The smallest absolute Gasteiger partial charge is 0.413 e. The Bertz CT molecular complexity index is 1460. The third-order valence-electron chi connectivity index (χ3n) is 7.75. The first-order valence-corrected chi connectivity index (χ1v) is 14.1. The SMILES string of the molecule is CC(C)(C(=O)OCC(N)=O)C1CCN(C(=O)c2ccc(-c3ccc(C(=N)NC(=O)OCc4ccccc4)cc3)cc2)CC1. The molecule has 4 rings (SSSR count). The predicted molar refractivity (Wildman–Crippen MR) is 161 cm³/mol. The molecule has 1 aliphatic heterocycles. The standard InChI is InChI=1S/C33H36N4O6/c1-33(2,31(40)42-21-28(34)38)27-16-18-37(19-17-27)30(39)26-14-10-24(11-15-26)23-8-12-25(13-9-23)29(35)36-32(41)43-20-22-6-4-3-5-7-22/h3-15,27H,16-21H2,1-2H3,(H2,34,38)(H2,35,36,41). The van der Waals surface area contributed by atoms with Gasteiger partial charge in [0.1, 0.15) is 12.4 Å². The van der Waals surface area contributed by atoms with Crippen molar-refractivity contribution in [2.75, 3.05) is 19.7 Å². The molecule has 0 unspecified atom stereocenters. The van der Waals surface area contributed by atoms with Gasteiger partial charge in [-0.05, 0) is 61.4 Å². The Hall–Kier alpha value is -4.99. The van der Waals surface area contributed by atoms with Gasteiger partial charge in [-0.3, -0.25) is 25.1 Å². The van der Waals surface area contributed by atoms with E-state index in [2.05, 4.69) is 5.32 Å². The Morgan fingerprint density at radius 2 is 1.42 bits per heavy atom. The lowest BCUT2D eigenvalue weighted by Crippen LogP contribution is -2.45. The van der Waals surface area contributed by atoms with Crippen molar-refractivity contribution < 1.29 is 28.7 Å². The average molecular weight is 585 g/mol. The van der Waals surface area contributed by atoms with Gasteiger partial charge in [0, 0.05) is 24.2 Å². The van der Waals surface area contributed by atoms with Crippen LogP contribution in [0.2, 0.25) is 0 Å². The largest absolute Gasteiger partial charge is 0.455 e. The van der Waals surface area contributed by atoms with Gasteiger partial charge in [0.15, 0.2) is 6.61 Å². The number of carbonyl (C=O) groups is 4. The van der Waals surface area contributed by atoms with Crippen molar-refractivity contribution in [2.24, 2.45) is 17.1 Å². The fourth-order valence-electron chi connectivity index (χ4n) is 5.04. The number of hydrogen-bond acceptors (Lipinski definition) is 7. The van der Waals surface area contributed by atoms with Gasteiger partial charge in [0.2, 0.25) is 0 Å². The fraction of sp³-hybridized carbons (Fsp3) is 0.303. The molecule has 3 amide bonds. The van der Waals surface area contributed by atoms with Crippen LogP contribution < -0.4 is 11.1 Å². The van der Waals surface area contributed by atoms with Crippen LogP contribution in [-0.4, -0.2) is 54.3 Å². The van der Waals surface area contributed by atoms with E-state index in [0.717, 1.165) is 16.7 Å². The molecule has 224 valence electrons. The fourth-order valence-corrected chi connectivity index (χ4v) is 5.04. The third kappa shape index (κ3) is 8.06. The number of piperidine rings is 1. The number of esters is 1. The number of nitrogens with zero attached hydrogens (tertiary/aromatic N) is 1. The highest BCUT2D eigenvalue weighted by Crippen LogP contribution is 2.36. The van der Waals surface area contributed by atoms with Crippen LogP contribution in [0.3, 0.4) is 0 Å². The molecular weight excluding hydrogens is 548 g/mol. The molecule has 0 spiro atoms. The van der Waals surface area contributed by atoms with Gasteiger partial charge in [-0.2, -0.15) is 0 Å². The second-order valence-corrected chi connectivity index (χ2v) is 11.0. The Morgan fingerprint density at radius 3 is 1.98 bits per heavy atom. The van der Waals surface area contributed by atoms with E-state index in [0.29, 0.717) is 37.1 Å². The van der Waals surface area contributed by atoms with Gasteiger partial charge in [-0.1, -0.05) is 66.7 Å². The molecule has 4 N–H and O–H groups in total. The zero-order valence-electron chi connectivity index (χ0n) is 24.3. The van der Waals surface area contributed by atoms with Crippen LogP contribution >= 0.6 is 0 Å². The van der Waals surface area contributed by atoms with E-state index in [1.54, 1.807) is 43.0 Å². The summed E-state index contributed by atoms with van der Waals surface area (Å²) in [6, 6.07) is 23.8. The van der Waals surface area contributed by atoms with Crippen molar-refractivity contribution in [3.8, 4) is 11.1 Å². The van der Waals surface area contributed by atoms with E-state index in [1.807, 2.05) is 54.6 Å². The summed E-state index contributed by atoms with van der Waals surface area (Å²) >= 11 is 0. The number of alkyl carbamates (subject to hydrolysis) is 1. The minimum absolute atomic E-state index is 0.0129. The molecule has 0 atom stereocenters. The van der Waals surface area contributed by atoms with Crippen molar-refractivity contribution in [1.82, 2.24) is 10.2 Å². The van der Waals surface area contributed by atoms with Gasteiger partial charge >= 0.3 is 12.1 Å². The van der Waals surface area contributed by atoms with Crippen LogP contribution in [0.15, 0.2) is 78.9 Å². The molecule has 0 bridgehead atoms. The molecule has 1 saturated heterocycles. The number of hydrogen-bond donors (Lipinski definition) is 3. The van der Waals surface area contributed by atoms with Gasteiger partial charge in [-0.25, -0.2) is 4.79 Å². The van der Waals surface area contributed by atoms with Gasteiger partial charge in [-0.15, -0.1) is 0 Å². The number of ether oxygens (including phenoxy) is 2. The van der Waals surface area contributed by atoms with Crippen LogP contribution in [0, 0.1) is 16.7 Å². The summed E-state index contributed by atoms with van der Waals surface area (Å²) in [4.78, 5) is 50.5. The second-order valence-electron chi connectivity index (χ2n) is 11.0. The molecule has 10 nitrogen and oxygen atoms in total. The number of benzene rings is 3. The maximum absolute atomic E-state index is 13.2.